The molecule has 0 saturated carbocycles. The van der Waals surface area contributed by atoms with Gasteiger partial charge >= 0.3 is 6.03 Å². The van der Waals surface area contributed by atoms with E-state index in [-0.39, 0.29) is 6.03 Å². The number of aryl methyl sites for hydroxylation is 1. The molecule has 0 spiro atoms. The minimum Gasteiger partial charge on any atom is -0.324 e. The molecule has 4 nitrogen and oxygen atoms in total. The average Bonchev–Trinajstić information content (AvgIpc) is 2.34. The number of piperidine rings is 1. The van der Waals surface area contributed by atoms with Crippen LogP contribution in [0.25, 0.3) is 0 Å². The third-order valence-corrected chi connectivity index (χ3v) is 4.06. The Morgan fingerprint density at radius 2 is 2.39 bits per heavy atom. The number of hydrogen-bond acceptors (Lipinski definition) is 2. The standard InChI is InChI=1S/C13H18BrN3O/c1-9-4-3-5-17(8-9)13(18)16-12-6-10(2)11(14)7-15-12/h6-7,9H,3-5,8H2,1-2H3,(H,15,16,18). The van der Waals surface area contributed by atoms with Crippen molar-refractivity contribution in [2.24, 2.45) is 5.92 Å². The van der Waals surface area contributed by atoms with Crippen LogP contribution in [0.3, 0.4) is 0 Å². The molecule has 1 aliphatic rings. The van der Waals surface area contributed by atoms with Crippen molar-refractivity contribution >= 4 is 27.8 Å². The Morgan fingerprint density at radius 3 is 3.06 bits per heavy atom. The van der Waals surface area contributed by atoms with Crippen LogP contribution in [-0.4, -0.2) is 29.0 Å². The van der Waals surface area contributed by atoms with Gasteiger partial charge in [0.15, 0.2) is 0 Å². The van der Waals surface area contributed by atoms with E-state index in [9.17, 15) is 4.79 Å². The fourth-order valence-electron chi connectivity index (χ4n) is 2.17. The highest BCUT2D eigenvalue weighted by Gasteiger charge is 2.21. The maximum atomic E-state index is 12.1. The molecule has 0 aromatic carbocycles. The van der Waals surface area contributed by atoms with Gasteiger partial charge in [0.05, 0.1) is 0 Å². The molecule has 1 fully saturated rings. The van der Waals surface area contributed by atoms with Gasteiger partial charge in [-0.2, -0.15) is 0 Å². The van der Waals surface area contributed by atoms with Crippen molar-refractivity contribution < 1.29 is 4.79 Å². The van der Waals surface area contributed by atoms with E-state index in [1.807, 2.05) is 17.9 Å². The second-order valence-corrected chi connectivity index (χ2v) is 5.80. The number of nitrogens with one attached hydrogen (secondary N) is 1. The van der Waals surface area contributed by atoms with Crippen molar-refractivity contribution in [1.29, 1.82) is 0 Å². The molecular weight excluding hydrogens is 294 g/mol. The molecular formula is C13H18BrN3O. The minimum atomic E-state index is -0.0456. The molecule has 0 radical (unpaired) electrons. The molecule has 1 N–H and O–H groups in total. The molecule has 1 aromatic rings. The Bertz CT molecular complexity index is 450. The number of hydrogen-bond donors (Lipinski definition) is 1. The van der Waals surface area contributed by atoms with Gasteiger partial charge in [-0.3, -0.25) is 5.32 Å². The molecule has 1 atom stereocenters. The molecule has 0 aliphatic carbocycles. The molecule has 1 aliphatic heterocycles. The Hall–Kier alpha value is -1.10. The van der Waals surface area contributed by atoms with E-state index in [1.165, 1.54) is 6.42 Å². The lowest BCUT2D eigenvalue weighted by Gasteiger charge is -2.30. The summed E-state index contributed by atoms with van der Waals surface area (Å²) in [4.78, 5) is 18.1. The number of likely N-dealkylation sites (tertiary alicyclic amines) is 1. The van der Waals surface area contributed by atoms with Crippen LogP contribution in [0.1, 0.15) is 25.3 Å². The van der Waals surface area contributed by atoms with E-state index in [1.54, 1.807) is 6.20 Å². The van der Waals surface area contributed by atoms with Crippen LogP contribution in [0.4, 0.5) is 10.6 Å². The Morgan fingerprint density at radius 1 is 1.61 bits per heavy atom. The highest BCUT2D eigenvalue weighted by molar-refractivity contribution is 9.10. The second-order valence-electron chi connectivity index (χ2n) is 4.94. The first-order valence-electron chi connectivity index (χ1n) is 6.24. The third-order valence-electron chi connectivity index (χ3n) is 3.23. The number of carbonyl (C=O) groups excluding carboxylic acids is 1. The van der Waals surface area contributed by atoms with Crippen molar-refractivity contribution in [3.63, 3.8) is 0 Å². The molecule has 2 heterocycles. The Kier molecular flexibility index (Phi) is 4.22. The Balaban J connectivity index is 2.00. The third kappa shape index (κ3) is 3.22. The average molecular weight is 312 g/mol. The zero-order valence-corrected chi connectivity index (χ0v) is 12.3. The van der Waals surface area contributed by atoms with Gasteiger partial charge in [-0.25, -0.2) is 9.78 Å². The number of nitrogens with zero attached hydrogens (tertiary/aromatic N) is 2. The van der Waals surface area contributed by atoms with Crippen LogP contribution in [0, 0.1) is 12.8 Å². The second kappa shape index (κ2) is 5.69. The summed E-state index contributed by atoms with van der Waals surface area (Å²) < 4.78 is 0.951. The molecule has 5 heteroatoms. The number of halogens is 1. The molecule has 1 saturated heterocycles. The van der Waals surface area contributed by atoms with Crippen LogP contribution in [0.2, 0.25) is 0 Å². The van der Waals surface area contributed by atoms with Crippen molar-refractivity contribution in [1.82, 2.24) is 9.88 Å². The smallest absolute Gasteiger partial charge is 0.323 e. The summed E-state index contributed by atoms with van der Waals surface area (Å²) in [5.41, 5.74) is 1.06. The van der Waals surface area contributed by atoms with Gasteiger partial charge < -0.3 is 4.90 Å². The van der Waals surface area contributed by atoms with Crippen LogP contribution in [-0.2, 0) is 0 Å². The molecule has 0 bridgehead atoms. The summed E-state index contributed by atoms with van der Waals surface area (Å²) in [7, 11) is 0. The van der Waals surface area contributed by atoms with E-state index in [0.29, 0.717) is 11.7 Å². The fraction of sp³-hybridized carbons (Fsp3) is 0.538. The summed E-state index contributed by atoms with van der Waals surface area (Å²) in [5.74, 6) is 1.20. The van der Waals surface area contributed by atoms with E-state index < -0.39 is 0 Å². The molecule has 98 valence electrons. The van der Waals surface area contributed by atoms with Crippen LogP contribution >= 0.6 is 15.9 Å². The van der Waals surface area contributed by atoms with Crippen LogP contribution in [0.15, 0.2) is 16.7 Å². The summed E-state index contributed by atoms with van der Waals surface area (Å²) in [6.45, 7) is 5.83. The summed E-state index contributed by atoms with van der Waals surface area (Å²) in [5, 5.41) is 2.86. The summed E-state index contributed by atoms with van der Waals surface area (Å²) in [6.07, 6.45) is 4.00. The zero-order chi connectivity index (χ0) is 13.1. The quantitative estimate of drug-likeness (QED) is 0.863. The first kappa shape index (κ1) is 13.3. The maximum absolute atomic E-state index is 12.1. The minimum absolute atomic E-state index is 0.0456. The van der Waals surface area contributed by atoms with E-state index in [0.717, 1.165) is 29.5 Å². The highest BCUT2D eigenvalue weighted by Crippen LogP contribution is 2.19. The number of urea groups is 1. The highest BCUT2D eigenvalue weighted by atomic mass is 79.9. The zero-order valence-electron chi connectivity index (χ0n) is 10.7. The lowest BCUT2D eigenvalue weighted by Crippen LogP contribution is -2.41. The monoisotopic (exact) mass is 311 g/mol. The van der Waals surface area contributed by atoms with Crippen molar-refractivity contribution in [3.05, 3.63) is 22.3 Å². The lowest BCUT2D eigenvalue weighted by molar-refractivity contribution is 0.182. The van der Waals surface area contributed by atoms with E-state index in [2.05, 4.69) is 33.2 Å². The van der Waals surface area contributed by atoms with E-state index in [4.69, 9.17) is 0 Å². The first-order valence-corrected chi connectivity index (χ1v) is 7.03. The lowest BCUT2D eigenvalue weighted by atomic mass is 10.0. The van der Waals surface area contributed by atoms with Crippen molar-refractivity contribution in [3.8, 4) is 0 Å². The SMILES string of the molecule is Cc1cc(NC(=O)N2CCCC(C)C2)ncc1Br. The summed E-state index contributed by atoms with van der Waals surface area (Å²) in [6, 6.07) is 1.82. The van der Waals surface area contributed by atoms with Crippen LogP contribution < -0.4 is 5.32 Å². The van der Waals surface area contributed by atoms with Gasteiger partial charge in [-0.05, 0) is 53.2 Å². The van der Waals surface area contributed by atoms with Gasteiger partial charge in [0.25, 0.3) is 0 Å². The number of anilines is 1. The normalized spacial score (nSPS) is 19.7. The fourth-order valence-corrected chi connectivity index (χ4v) is 2.39. The molecule has 1 unspecified atom stereocenters. The number of amides is 2. The number of pyridine rings is 1. The van der Waals surface area contributed by atoms with Gasteiger partial charge in [-0.15, -0.1) is 0 Å². The Labute approximate surface area is 116 Å². The van der Waals surface area contributed by atoms with Gasteiger partial charge in [0, 0.05) is 23.8 Å². The molecule has 18 heavy (non-hydrogen) atoms. The first-order chi connectivity index (χ1) is 8.56. The predicted octanol–water partition coefficient (Wildman–Crippen LogP) is 3.42. The maximum Gasteiger partial charge on any atom is 0.323 e. The largest absolute Gasteiger partial charge is 0.324 e. The van der Waals surface area contributed by atoms with Gasteiger partial charge in [-0.1, -0.05) is 6.92 Å². The molecule has 1 aromatic heterocycles. The molecule has 2 rings (SSSR count). The van der Waals surface area contributed by atoms with Crippen molar-refractivity contribution in [2.45, 2.75) is 26.7 Å². The van der Waals surface area contributed by atoms with Crippen molar-refractivity contribution in [2.75, 3.05) is 18.4 Å². The van der Waals surface area contributed by atoms with Gasteiger partial charge in [0.1, 0.15) is 5.82 Å². The predicted molar refractivity (Wildman–Crippen MR) is 75.7 cm³/mol. The summed E-state index contributed by atoms with van der Waals surface area (Å²) >= 11 is 3.39. The number of carbonyl (C=O) groups is 1. The number of aromatic nitrogens is 1. The number of rotatable bonds is 1. The topological polar surface area (TPSA) is 45.2 Å². The van der Waals surface area contributed by atoms with Gasteiger partial charge in [0.2, 0.25) is 0 Å². The molecule has 2 amide bonds. The van der Waals surface area contributed by atoms with Crippen LogP contribution in [0.5, 0.6) is 0 Å². The van der Waals surface area contributed by atoms with E-state index >= 15 is 0 Å².